The lowest BCUT2D eigenvalue weighted by Gasteiger charge is -2.60. The molecule has 29 heavy (non-hydrogen) atoms. The highest BCUT2D eigenvalue weighted by molar-refractivity contribution is 5.89. The van der Waals surface area contributed by atoms with Gasteiger partial charge in [-0.15, -0.1) is 0 Å². The van der Waals surface area contributed by atoms with E-state index in [1.165, 1.54) is 19.3 Å². The summed E-state index contributed by atoms with van der Waals surface area (Å²) in [6, 6.07) is 0.349. The highest BCUT2D eigenvalue weighted by Gasteiger charge is 2.61. The Hall–Kier alpha value is -1.32. The van der Waals surface area contributed by atoms with E-state index in [0.29, 0.717) is 35.6 Å². The van der Waals surface area contributed by atoms with Gasteiger partial charge in [0, 0.05) is 30.5 Å². The van der Waals surface area contributed by atoms with Crippen LogP contribution in [0.1, 0.15) is 73.1 Å². The van der Waals surface area contributed by atoms with Crippen molar-refractivity contribution in [3.63, 3.8) is 0 Å². The molecule has 3 aliphatic carbocycles. The van der Waals surface area contributed by atoms with Crippen LogP contribution < -0.4 is 5.32 Å². The summed E-state index contributed by atoms with van der Waals surface area (Å²) in [5.74, 6) is 3.13. The highest BCUT2D eigenvalue weighted by Crippen LogP contribution is 2.65. The molecule has 162 valence electrons. The molecule has 0 radical (unpaired) electrons. The number of amides is 2. The molecule has 0 spiro atoms. The van der Waals surface area contributed by atoms with Crippen LogP contribution in [0.4, 0.5) is 0 Å². The van der Waals surface area contributed by atoms with Gasteiger partial charge in [-0.25, -0.2) is 0 Å². The van der Waals surface area contributed by atoms with Gasteiger partial charge in [0.2, 0.25) is 11.8 Å². The number of nitrogens with zero attached hydrogens (tertiary/aromatic N) is 1. The minimum atomic E-state index is 0.0894. The number of carbonyl (C=O) groups is 2. The molecule has 0 saturated heterocycles. The molecule has 1 aliphatic heterocycles. The lowest BCUT2D eigenvalue weighted by atomic mass is 9.47. The van der Waals surface area contributed by atoms with Crippen molar-refractivity contribution in [2.24, 2.45) is 40.4 Å². The molecule has 4 nitrogen and oxygen atoms in total. The number of hydrogen-bond donors (Lipinski definition) is 1. The van der Waals surface area contributed by atoms with E-state index in [1.807, 2.05) is 6.08 Å². The Balaban J connectivity index is 1.56. The average Bonchev–Trinajstić information content (AvgIpc) is 3.04. The Morgan fingerprint density at radius 2 is 1.93 bits per heavy atom. The summed E-state index contributed by atoms with van der Waals surface area (Å²) in [6.45, 7) is 12.8. The molecule has 0 aromatic carbocycles. The molecule has 2 amide bonds. The number of likely N-dealkylation sites (N-methyl/N-ethyl adjacent to an activating group) is 1. The molecule has 0 unspecified atom stereocenters. The van der Waals surface area contributed by atoms with E-state index in [-0.39, 0.29) is 22.7 Å². The van der Waals surface area contributed by atoms with Crippen molar-refractivity contribution in [2.75, 3.05) is 13.1 Å². The molecule has 3 fully saturated rings. The van der Waals surface area contributed by atoms with Crippen LogP contribution >= 0.6 is 0 Å². The molecular weight excluding hydrogens is 360 g/mol. The van der Waals surface area contributed by atoms with Gasteiger partial charge < -0.3 is 10.2 Å². The highest BCUT2D eigenvalue weighted by atomic mass is 16.2. The fourth-order valence-electron chi connectivity index (χ4n) is 7.83. The maximum atomic E-state index is 13.0. The molecule has 0 bridgehead atoms. The van der Waals surface area contributed by atoms with Gasteiger partial charge in [0.15, 0.2) is 0 Å². The zero-order valence-electron chi connectivity index (χ0n) is 19.0. The summed E-state index contributed by atoms with van der Waals surface area (Å²) in [7, 11) is 0. The molecule has 4 aliphatic rings. The maximum absolute atomic E-state index is 13.0. The van der Waals surface area contributed by atoms with Crippen molar-refractivity contribution in [3.05, 3.63) is 12.2 Å². The van der Waals surface area contributed by atoms with Gasteiger partial charge in [0.05, 0.1) is 0 Å². The Kier molecular flexibility index (Phi) is 5.36. The van der Waals surface area contributed by atoms with Gasteiger partial charge in [0.25, 0.3) is 0 Å². The Morgan fingerprint density at radius 3 is 2.62 bits per heavy atom. The minimum absolute atomic E-state index is 0.0894. The topological polar surface area (TPSA) is 49.4 Å². The molecular formula is C25H40N2O2. The second-order valence-electron chi connectivity index (χ2n) is 11.1. The van der Waals surface area contributed by atoms with Crippen molar-refractivity contribution in [2.45, 2.75) is 79.2 Å². The van der Waals surface area contributed by atoms with Crippen molar-refractivity contribution in [1.29, 1.82) is 0 Å². The van der Waals surface area contributed by atoms with Crippen LogP contribution in [-0.2, 0) is 9.59 Å². The number of hydrogen-bond acceptors (Lipinski definition) is 2. The van der Waals surface area contributed by atoms with Gasteiger partial charge in [-0.3, -0.25) is 9.59 Å². The first-order chi connectivity index (χ1) is 13.7. The third-order valence-corrected chi connectivity index (χ3v) is 9.31. The third kappa shape index (κ3) is 3.16. The van der Waals surface area contributed by atoms with Gasteiger partial charge in [-0.05, 0) is 80.6 Å². The van der Waals surface area contributed by atoms with Crippen LogP contribution in [0.3, 0.4) is 0 Å². The second-order valence-corrected chi connectivity index (χ2v) is 11.1. The molecule has 7 atom stereocenters. The van der Waals surface area contributed by atoms with E-state index in [9.17, 15) is 9.59 Å². The van der Waals surface area contributed by atoms with Gasteiger partial charge in [0.1, 0.15) is 0 Å². The first kappa shape index (κ1) is 20.9. The monoisotopic (exact) mass is 400 g/mol. The smallest absolute Gasteiger partial charge is 0.246 e. The normalized spacial score (nSPS) is 43.7. The predicted octanol–water partition coefficient (Wildman–Crippen LogP) is 4.40. The largest absolute Gasteiger partial charge is 0.356 e. The van der Waals surface area contributed by atoms with Crippen LogP contribution in [0.25, 0.3) is 0 Å². The van der Waals surface area contributed by atoms with Crippen molar-refractivity contribution in [1.82, 2.24) is 10.2 Å². The average molecular weight is 401 g/mol. The summed E-state index contributed by atoms with van der Waals surface area (Å²) >= 11 is 0. The van der Waals surface area contributed by atoms with Gasteiger partial charge >= 0.3 is 0 Å². The van der Waals surface area contributed by atoms with E-state index < -0.39 is 0 Å². The third-order valence-electron chi connectivity index (χ3n) is 9.31. The Labute approximate surface area is 176 Å². The number of carbonyl (C=O) groups excluding carboxylic acids is 2. The van der Waals surface area contributed by atoms with Crippen molar-refractivity contribution >= 4 is 11.8 Å². The Bertz CT molecular complexity index is 701. The number of nitrogens with one attached hydrogen (secondary N) is 1. The predicted molar refractivity (Wildman–Crippen MR) is 116 cm³/mol. The van der Waals surface area contributed by atoms with Crippen molar-refractivity contribution in [3.8, 4) is 0 Å². The minimum Gasteiger partial charge on any atom is -0.356 e. The van der Waals surface area contributed by atoms with E-state index in [0.717, 1.165) is 32.4 Å². The first-order valence-electron chi connectivity index (χ1n) is 12.0. The van der Waals surface area contributed by atoms with E-state index in [1.54, 1.807) is 0 Å². The molecule has 0 aromatic rings. The van der Waals surface area contributed by atoms with Crippen molar-refractivity contribution < 1.29 is 9.59 Å². The first-order valence-corrected chi connectivity index (χ1v) is 12.0. The fraction of sp³-hybridized carbons (Fsp3) is 0.840. The summed E-state index contributed by atoms with van der Waals surface area (Å²) < 4.78 is 0. The summed E-state index contributed by atoms with van der Waals surface area (Å²) in [5, 5.41) is 3.23. The summed E-state index contributed by atoms with van der Waals surface area (Å²) in [6.07, 6.45) is 11.0. The lowest BCUT2D eigenvalue weighted by molar-refractivity contribution is -0.144. The molecule has 1 N–H and O–H groups in total. The molecule has 4 rings (SSSR count). The molecule has 1 heterocycles. The van der Waals surface area contributed by atoms with Crippen LogP contribution in [0, 0.1) is 40.4 Å². The zero-order valence-corrected chi connectivity index (χ0v) is 19.0. The number of fused-ring (bicyclic) bond motifs is 5. The quantitative estimate of drug-likeness (QED) is 0.760. The van der Waals surface area contributed by atoms with Crippen LogP contribution in [0.5, 0.6) is 0 Å². The lowest BCUT2D eigenvalue weighted by Crippen LogP contribution is -2.60. The van der Waals surface area contributed by atoms with Crippen LogP contribution in [0.2, 0.25) is 0 Å². The SMILES string of the molecule is CCN1C(=O)C=C[C@]2(C)[C@H]3CC[C@]4(C)[C@@H](C(=O)NCC(C)C)CC[C@H]4[C@@H]3CC[C@@H]12. The van der Waals surface area contributed by atoms with Gasteiger partial charge in [-0.2, -0.15) is 0 Å². The fourth-order valence-corrected chi connectivity index (χ4v) is 7.83. The molecule has 0 aromatic heterocycles. The van der Waals surface area contributed by atoms with Crippen LogP contribution in [0.15, 0.2) is 12.2 Å². The zero-order chi connectivity index (χ0) is 21.0. The van der Waals surface area contributed by atoms with E-state index in [2.05, 4.69) is 50.9 Å². The van der Waals surface area contributed by atoms with E-state index in [4.69, 9.17) is 0 Å². The van der Waals surface area contributed by atoms with E-state index >= 15 is 0 Å². The Morgan fingerprint density at radius 1 is 1.17 bits per heavy atom. The maximum Gasteiger partial charge on any atom is 0.246 e. The summed E-state index contributed by atoms with van der Waals surface area (Å²) in [4.78, 5) is 27.6. The van der Waals surface area contributed by atoms with Gasteiger partial charge in [-0.1, -0.05) is 33.8 Å². The second kappa shape index (κ2) is 7.42. The van der Waals surface area contributed by atoms with Crippen LogP contribution in [-0.4, -0.2) is 35.8 Å². The molecule has 4 heteroatoms. The number of rotatable bonds is 4. The molecule has 3 saturated carbocycles. The standard InChI is InChI=1S/C25H40N2O2/c1-6-27-21-10-7-17-18-8-9-20(23(29)26-15-16(2)3)24(18,4)13-11-19(17)25(21,5)14-12-22(27)28/h12,14,16-21H,6-11,13,15H2,1-5H3,(H,26,29)/t17-,18-,19-,20+,21+,24-,25+/m0/s1. The summed E-state index contributed by atoms with van der Waals surface area (Å²) in [5.41, 5.74) is 0.232.